The normalized spacial score (nSPS) is 29.1. The molecule has 3 heteroatoms. The van der Waals surface area contributed by atoms with Crippen molar-refractivity contribution in [3.63, 3.8) is 0 Å². The third-order valence-corrected chi connectivity index (χ3v) is 5.25. The van der Waals surface area contributed by atoms with E-state index in [1.807, 2.05) is 12.1 Å². The highest BCUT2D eigenvalue weighted by atomic mass is 19.1. The molecular formula is C18H27FN2. The lowest BCUT2D eigenvalue weighted by Gasteiger charge is -2.49. The van der Waals surface area contributed by atoms with Gasteiger partial charge < -0.3 is 0 Å². The zero-order chi connectivity index (χ0) is 14.8. The Balaban J connectivity index is 1.63. The Kier molecular flexibility index (Phi) is 4.60. The van der Waals surface area contributed by atoms with Gasteiger partial charge in [0.15, 0.2) is 0 Å². The van der Waals surface area contributed by atoms with Crippen LogP contribution in [0, 0.1) is 5.82 Å². The number of piperazine rings is 1. The van der Waals surface area contributed by atoms with Crippen LogP contribution in [-0.4, -0.2) is 47.6 Å². The van der Waals surface area contributed by atoms with Gasteiger partial charge in [-0.3, -0.25) is 9.80 Å². The van der Waals surface area contributed by atoms with Crippen LogP contribution in [0.1, 0.15) is 38.7 Å². The first-order valence-corrected chi connectivity index (χ1v) is 8.37. The highest BCUT2D eigenvalue weighted by Crippen LogP contribution is 2.26. The first-order valence-electron chi connectivity index (χ1n) is 8.37. The van der Waals surface area contributed by atoms with E-state index in [0.717, 1.165) is 12.5 Å². The number of hydrogen-bond acceptors (Lipinski definition) is 2. The van der Waals surface area contributed by atoms with Gasteiger partial charge in [0.05, 0.1) is 0 Å². The summed E-state index contributed by atoms with van der Waals surface area (Å²) in [5.41, 5.74) is 1.24. The summed E-state index contributed by atoms with van der Waals surface area (Å²) in [7, 11) is 0. The molecule has 2 heterocycles. The summed E-state index contributed by atoms with van der Waals surface area (Å²) in [6, 6.07) is 8.89. The lowest BCUT2D eigenvalue weighted by Crippen LogP contribution is -2.60. The molecule has 0 aromatic heterocycles. The standard InChI is InChI=1S/C18H27FN2/c1-14(11-16-6-8-17(19)9-7-16)21-13-18-5-3-4-10-20(18)12-15(21)2/h6-9,14-15,18H,3-5,10-13H2,1-2H3. The van der Waals surface area contributed by atoms with Crippen molar-refractivity contribution >= 4 is 0 Å². The van der Waals surface area contributed by atoms with E-state index in [-0.39, 0.29) is 5.82 Å². The average Bonchev–Trinajstić information content (AvgIpc) is 2.49. The smallest absolute Gasteiger partial charge is 0.123 e. The number of hydrogen-bond donors (Lipinski definition) is 0. The highest BCUT2D eigenvalue weighted by Gasteiger charge is 2.34. The van der Waals surface area contributed by atoms with Crippen LogP contribution < -0.4 is 0 Å². The van der Waals surface area contributed by atoms with Gasteiger partial charge in [-0.25, -0.2) is 4.39 Å². The molecule has 2 saturated heterocycles. The minimum Gasteiger partial charge on any atom is -0.298 e. The molecule has 116 valence electrons. The number of nitrogens with zero attached hydrogens (tertiary/aromatic N) is 2. The molecule has 1 aromatic carbocycles. The van der Waals surface area contributed by atoms with Gasteiger partial charge in [0.25, 0.3) is 0 Å². The molecule has 3 atom stereocenters. The lowest BCUT2D eigenvalue weighted by molar-refractivity contribution is -0.00385. The first-order chi connectivity index (χ1) is 10.1. The summed E-state index contributed by atoms with van der Waals surface area (Å²) in [6.07, 6.45) is 5.12. The summed E-state index contributed by atoms with van der Waals surface area (Å²) in [5.74, 6) is -0.143. The van der Waals surface area contributed by atoms with E-state index >= 15 is 0 Å². The Labute approximate surface area is 127 Å². The summed E-state index contributed by atoms with van der Waals surface area (Å²) in [5, 5.41) is 0. The Bertz CT molecular complexity index is 459. The monoisotopic (exact) mass is 290 g/mol. The molecule has 0 aliphatic carbocycles. The van der Waals surface area contributed by atoms with Crippen molar-refractivity contribution in [3.8, 4) is 0 Å². The maximum atomic E-state index is 13.0. The fourth-order valence-electron chi connectivity index (χ4n) is 4.07. The minimum absolute atomic E-state index is 0.143. The minimum atomic E-state index is -0.143. The molecule has 2 fully saturated rings. The van der Waals surface area contributed by atoms with E-state index in [9.17, 15) is 4.39 Å². The third-order valence-electron chi connectivity index (χ3n) is 5.25. The van der Waals surface area contributed by atoms with Gasteiger partial charge in [0.2, 0.25) is 0 Å². The Morgan fingerprint density at radius 2 is 1.95 bits per heavy atom. The number of halogens is 1. The summed E-state index contributed by atoms with van der Waals surface area (Å²) in [6.45, 7) is 8.36. The quantitative estimate of drug-likeness (QED) is 0.842. The van der Waals surface area contributed by atoms with Crippen LogP contribution in [0.25, 0.3) is 0 Å². The van der Waals surface area contributed by atoms with Crippen LogP contribution >= 0.6 is 0 Å². The number of rotatable bonds is 3. The first kappa shape index (κ1) is 15.0. The van der Waals surface area contributed by atoms with E-state index in [2.05, 4.69) is 23.6 Å². The van der Waals surface area contributed by atoms with Crippen molar-refractivity contribution in [2.75, 3.05) is 19.6 Å². The van der Waals surface area contributed by atoms with Crippen molar-refractivity contribution < 1.29 is 4.39 Å². The zero-order valence-electron chi connectivity index (χ0n) is 13.3. The van der Waals surface area contributed by atoms with Crippen molar-refractivity contribution in [1.82, 2.24) is 9.80 Å². The van der Waals surface area contributed by atoms with Crippen LogP contribution in [0.4, 0.5) is 4.39 Å². The van der Waals surface area contributed by atoms with E-state index in [1.165, 1.54) is 44.5 Å². The fraction of sp³-hybridized carbons (Fsp3) is 0.667. The molecule has 0 N–H and O–H groups in total. The second-order valence-corrected chi connectivity index (χ2v) is 6.87. The van der Waals surface area contributed by atoms with Gasteiger partial charge in [-0.2, -0.15) is 0 Å². The van der Waals surface area contributed by atoms with Crippen molar-refractivity contribution in [1.29, 1.82) is 0 Å². The molecule has 0 bridgehead atoms. The van der Waals surface area contributed by atoms with Crippen LogP contribution in [0.5, 0.6) is 0 Å². The van der Waals surface area contributed by atoms with E-state index < -0.39 is 0 Å². The number of benzene rings is 1. The van der Waals surface area contributed by atoms with Gasteiger partial charge in [-0.1, -0.05) is 18.6 Å². The summed E-state index contributed by atoms with van der Waals surface area (Å²) < 4.78 is 13.0. The summed E-state index contributed by atoms with van der Waals surface area (Å²) >= 11 is 0. The van der Waals surface area contributed by atoms with Gasteiger partial charge in [-0.05, 0) is 57.4 Å². The van der Waals surface area contributed by atoms with Gasteiger partial charge in [0.1, 0.15) is 5.82 Å². The predicted octanol–water partition coefficient (Wildman–Crippen LogP) is 3.32. The molecule has 0 saturated carbocycles. The second-order valence-electron chi connectivity index (χ2n) is 6.87. The van der Waals surface area contributed by atoms with Gasteiger partial charge >= 0.3 is 0 Å². The SMILES string of the molecule is CC(Cc1ccc(F)cc1)N1CC2CCCCN2CC1C. The van der Waals surface area contributed by atoms with E-state index in [1.54, 1.807) is 12.1 Å². The Morgan fingerprint density at radius 3 is 2.71 bits per heavy atom. The van der Waals surface area contributed by atoms with Crippen LogP contribution in [0.2, 0.25) is 0 Å². The van der Waals surface area contributed by atoms with Gasteiger partial charge in [0, 0.05) is 31.2 Å². The van der Waals surface area contributed by atoms with Crippen LogP contribution in [0.15, 0.2) is 24.3 Å². The molecule has 1 aromatic rings. The maximum Gasteiger partial charge on any atom is 0.123 e. The molecule has 0 radical (unpaired) electrons. The molecule has 2 aliphatic rings. The zero-order valence-corrected chi connectivity index (χ0v) is 13.3. The Morgan fingerprint density at radius 1 is 1.19 bits per heavy atom. The highest BCUT2D eigenvalue weighted by molar-refractivity contribution is 5.17. The molecule has 0 spiro atoms. The number of piperidine rings is 1. The van der Waals surface area contributed by atoms with Gasteiger partial charge in [-0.15, -0.1) is 0 Å². The maximum absolute atomic E-state index is 13.0. The van der Waals surface area contributed by atoms with Crippen molar-refractivity contribution in [2.24, 2.45) is 0 Å². The fourth-order valence-corrected chi connectivity index (χ4v) is 4.07. The summed E-state index contributed by atoms with van der Waals surface area (Å²) in [4.78, 5) is 5.35. The van der Waals surface area contributed by atoms with Crippen molar-refractivity contribution in [2.45, 2.75) is 57.7 Å². The predicted molar refractivity (Wildman–Crippen MR) is 84.9 cm³/mol. The molecule has 3 rings (SSSR count). The second kappa shape index (κ2) is 6.45. The van der Waals surface area contributed by atoms with Crippen LogP contribution in [-0.2, 0) is 6.42 Å². The molecule has 0 amide bonds. The van der Waals surface area contributed by atoms with E-state index in [0.29, 0.717) is 12.1 Å². The third kappa shape index (κ3) is 3.46. The lowest BCUT2D eigenvalue weighted by atomic mass is 9.95. The molecule has 2 aliphatic heterocycles. The largest absolute Gasteiger partial charge is 0.298 e. The molecule has 2 nitrogen and oxygen atoms in total. The van der Waals surface area contributed by atoms with Crippen LogP contribution in [0.3, 0.4) is 0 Å². The molecule has 21 heavy (non-hydrogen) atoms. The number of fused-ring (bicyclic) bond motifs is 1. The molecule has 3 unspecified atom stereocenters. The molecular weight excluding hydrogens is 263 g/mol. The van der Waals surface area contributed by atoms with E-state index in [4.69, 9.17) is 0 Å². The Hall–Kier alpha value is -0.930. The average molecular weight is 290 g/mol. The topological polar surface area (TPSA) is 6.48 Å². The van der Waals surface area contributed by atoms with Crippen molar-refractivity contribution in [3.05, 3.63) is 35.6 Å².